The normalized spacial score (nSPS) is 19.8. The average Bonchev–Trinajstić information content (AvgIpc) is 3.36. The summed E-state index contributed by atoms with van der Waals surface area (Å²) in [5, 5.41) is 54.1. The number of unbranched alkanes of at least 4 members (excludes halogenated alkanes) is 24. The number of amides is 1. The van der Waals surface area contributed by atoms with Crippen molar-refractivity contribution in [2.24, 2.45) is 0 Å². The maximum Gasteiger partial charge on any atom is 0.305 e. The fourth-order valence-corrected chi connectivity index (χ4v) is 8.32. The largest absolute Gasteiger partial charge is 0.466 e. The second-order valence-corrected chi connectivity index (χ2v) is 19.3. The van der Waals surface area contributed by atoms with Crippen molar-refractivity contribution < 1.29 is 49.3 Å². The van der Waals surface area contributed by atoms with Crippen LogP contribution in [0.5, 0.6) is 0 Å². The number of carbonyl (C=O) groups excluding carboxylic acids is 2. The molecule has 70 heavy (non-hydrogen) atoms. The summed E-state index contributed by atoms with van der Waals surface area (Å²) < 4.78 is 16.6. The summed E-state index contributed by atoms with van der Waals surface area (Å²) in [6.45, 7) is 4.00. The van der Waals surface area contributed by atoms with Crippen molar-refractivity contribution in [1.29, 1.82) is 0 Å². The van der Waals surface area contributed by atoms with E-state index in [9.17, 15) is 35.1 Å². The van der Waals surface area contributed by atoms with Gasteiger partial charge >= 0.3 is 5.97 Å². The molecule has 1 rings (SSSR count). The summed E-state index contributed by atoms with van der Waals surface area (Å²) in [5.41, 5.74) is 0. The Bertz CT molecular complexity index is 1390. The Hall–Kier alpha value is -2.90. The predicted octanol–water partition coefficient (Wildman–Crippen LogP) is 12.4. The highest BCUT2D eigenvalue weighted by Gasteiger charge is 2.44. The maximum absolute atomic E-state index is 13.0. The molecule has 6 N–H and O–H groups in total. The monoisotopic (exact) mass is 986 g/mol. The lowest BCUT2D eigenvalue weighted by atomic mass is 9.99. The molecule has 1 amide bonds. The molecule has 0 bridgehead atoms. The molecule has 11 heteroatoms. The Morgan fingerprint density at radius 2 is 1.03 bits per heavy atom. The van der Waals surface area contributed by atoms with Gasteiger partial charge in [-0.15, -0.1) is 0 Å². The second-order valence-electron chi connectivity index (χ2n) is 19.3. The minimum atomic E-state index is -1.59. The highest BCUT2D eigenvalue weighted by Crippen LogP contribution is 2.23. The van der Waals surface area contributed by atoms with Crippen molar-refractivity contribution in [3.05, 3.63) is 72.9 Å². The first-order valence-corrected chi connectivity index (χ1v) is 28.2. The predicted molar refractivity (Wildman–Crippen MR) is 287 cm³/mol. The van der Waals surface area contributed by atoms with Gasteiger partial charge in [-0.05, 0) is 110 Å². The van der Waals surface area contributed by atoms with Crippen LogP contribution in [0, 0.1) is 0 Å². The Balaban J connectivity index is 2.07. The minimum absolute atomic E-state index is 0.0314. The second kappa shape index (κ2) is 48.4. The van der Waals surface area contributed by atoms with Crippen LogP contribution in [-0.2, 0) is 23.8 Å². The molecule has 0 aromatic carbocycles. The van der Waals surface area contributed by atoms with E-state index in [2.05, 4.69) is 66.9 Å². The van der Waals surface area contributed by atoms with E-state index in [-0.39, 0.29) is 18.5 Å². The van der Waals surface area contributed by atoms with Gasteiger partial charge in [0.1, 0.15) is 24.4 Å². The molecule has 1 saturated heterocycles. The first kappa shape index (κ1) is 65.1. The van der Waals surface area contributed by atoms with E-state index in [4.69, 9.17) is 14.2 Å². The first-order valence-electron chi connectivity index (χ1n) is 28.2. The lowest BCUT2D eigenvalue weighted by Gasteiger charge is -2.40. The first-order chi connectivity index (χ1) is 34.2. The number of ether oxygens (including phenoxy) is 3. The van der Waals surface area contributed by atoms with Crippen LogP contribution in [0.3, 0.4) is 0 Å². The van der Waals surface area contributed by atoms with E-state index >= 15 is 0 Å². The van der Waals surface area contributed by atoms with Crippen LogP contribution in [0.25, 0.3) is 0 Å². The Morgan fingerprint density at radius 1 is 0.557 bits per heavy atom. The number of aliphatic hydroxyl groups excluding tert-OH is 5. The number of hydrogen-bond acceptors (Lipinski definition) is 10. The molecule has 1 heterocycles. The Kier molecular flexibility index (Phi) is 45.0. The van der Waals surface area contributed by atoms with Gasteiger partial charge in [-0.3, -0.25) is 9.59 Å². The van der Waals surface area contributed by atoms with Crippen LogP contribution in [-0.4, -0.2) is 100 Å². The molecule has 7 unspecified atom stereocenters. The van der Waals surface area contributed by atoms with Crippen molar-refractivity contribution in [2.45, 2.75) is 269 Å². The summed E-state index contributed by atoms with van der Waals surface area (Å²) in [6.07, 6.45) is 53.0. The van der Waals surface area contributed by atoms with Gasteiger partial charge in [0.05, 0.1) is 32.0 Å². The topological polar surface area (TPSA) is 175 Å². The van der Waals surface area contributed by atoms with Crippen LogP contribution in [0.4, 0.5) is 0 Å². The van der Waals surface area contributed by atoms with Crippen LogP contribution in [0.15, 0.2) is 72.9 Å². The SMILES string of the molecule is C/C=C/CC/C=C/CC/C=C/C(O)C(COC1OC(CO)C(O)C(O)C1O)NC(=O)CCCCCCC/C=C\CCCCCCCCCOC(=O)CCCCCCCCC/C=C\C/C=C\CCCCC. The van der Waals surface area contributed by atoms with Gasteiger partial charge in [-0.2, -0.15) is 0 Å². The van der Waals surface area contributed by atoms with Crippen molar-refractivity contribution in [3.63, 3.8) is 0 Å². The maximum atomic E-state index is 13.0. The molecule has 404 valence electrons. The molecule has 0 aliphatic carbocycles. The zero-order valence-electron chi connectivity index (χ0n) is 44.2. The molecular weight excluding hydrogens is 883 g/mol. The van der Waals surface area contributed by atoms with Gasteiger partial charge in [0, 0.05) is 12.8 Å². The molecule has 0 spiro atoms. The lowest BCUT2D eigenvalue weighted by molar-refractivity contribution is -0.302. The van der Waals surface area contributed by atoms with Crippen molar-refractivity contribution >= 4 is 11.9 Å². The summed E-state index contributed by atoms with van der Waals surface area (Å²) in [5.74, 6) is -0.250. The third-order valence-electron chi connectivity index (χ3n) is 12.8. The molecule has 11 nitrogen and oxygen atoms in total. The van der Waals surface area contributed by atoms with E-state index in [0.29, 0.717) is 25.9 Å². The number of allylic oxidation sites excluding steroid dienone is 11. The van der Waals surface area contributed by atoms with Crippen LogP contribution in [0.2, 0.25) is 0 Å². The zero-order valence-corrected chi connectivity index (χ0v) is 44.2. The van der Waals surface area contributed by atoms with Crippen molar-refractivity contribution in [3.8, 4) is 0 Å². The molecule has 1 aliphatic rings. The fraction of sp³-hybridized carbons (Fsp3) is 0.763. The molecule has 1 fully saturated rings. The highest BCUT2D eigenvalue weighted by atomic mass is 16.7. The van der Waals surface area contributed by atoms with E-state index in [1.165, 1.54) is 96.3 Å². The van der Waals surface area contributed by atoms with Gasteiger partial charge in [0.2, 0.25) is 5.91 Å². The van der Waals surface area contributed by atoms with E-state index in [1.54, 1.807) is 6.08 Å². The van der Waals surface area contributed by atoms with Crippen LogP contribution in [0.1, 0.15) is 226 Å². The molecule has 0 radical (unpaired) electrons. The fourth-order valence-electron chi connectivity index (χ4n) is 8.32. The molecule has 1 aliphatic heterocycles. The third kappa shape index (κ3) is 37.8. The molecule has 0 aromatic rings. The van der Waals surface area contributed by atoms with Gasteiger partial charge in [0.25, 0.3) is 0 Å². The van der Waals surface area contributed by atoms with E-state index in [0.717, 1.165) is 96.3 Å². The van der Waals surface area contributed by atoms with E-state index < -0.39 is 49.5 Å². The van der Waals surface area contributed by atoms with Crippen LogP contribution >= 0.6 is 0 Å². The van der Waals surface area contributed by atoms with Gasteiger partial charge in [-0.1, -0.05) is 176 Å². The van der Waals surface area contributed by atoms with E-state index in [1.807, 2.05) is 19.1 Å². The van der Waals surface area contributed by atoms with Crippen molar-refractivity contribution in [2.75, 3.05) is 19.8 Å². The number of aliphatic hydroxyl groups is 5. The third-order valence-corrected chi connectivity index (χ3v) is 12.8. The molecule has 0 saturated carbocycles. The number of hydrogen-bond donors (Lipinski definition) is 6. The Labute approximate surface area is 426 Å². The Morgan fingerprint density at radius 3 is 1.59 bits per heavy atom. The quantitative estimate of drug-likeness (QED) is 0.0196. The summed E-state index contributed by atoms with van der Waals surface area (Å²) in [4.78, 5) is 25.0. The molecule has 0 aromatic heterocycles. The minimum Gasteiger partial charge on any atom is -0.466 e. The number of carbonyl (C=O) groups is 2. The number of nitrogens with one attached hydrogen (secondary N) is 1. The van der Waals surface area contributed by atoms with Gasteiger partial charge < -0.3 is 45.1 Å². The number of rotatable bonds is 47. The summed E-state index contributed by atoms with van der Waals surface area (Å²) >= 11 is 0. The average molecular weight is 986 g/mol. The smallest absolute Gasteiger partial charge is 0.305 e. The zero-order chi connectivity index (χ0) is 51.0. The van der Waals surface area contributed by atoms with Crippen molar-refractivity contribution in [1.82, 2.24) is 5.32 Å². The number of esters is 1. The summed E-state index contributed by atoms with van der Waals surface area (Å²) in [6, 6.07) is -0.847. The molecular formula is C59H103NO10. The van der Waals surface area contributed by atoms with Gasteiger partial charge in [-0.25, -0.2) is 0 Å². The lowest BCUT2D eigenvalue weighted by Crippen LogP contribution is -2.60. The standard InChI is InChI=1S/C59H103NO10/c1-3-5-7-9-11-13-14-15-16-17-21-24-27-31-35-39-43-47-55(64)68-48-44-40-36-32-28-25-22-19-18-20-23-26-30-34-38-42-46-54(63)60-51(52(62)45-41-37-33-29-12-10-8-6-4-2)50-69-59-58(67)57(66)56(65)53(49-61)70-59/h4,6,11-13,15-16,18,20,29,41,45,51-53,56-59,61-62,65-67H,3,5,7-10,14,17,19,21-28,30-40,42-44,46-50H2,1-2H3,(H,60,63)/b6-4+,13-11-,16-15-,20-18-,29-12+,45-41+. The molecule has 7 atom stereocenters. The van der Waals surface area contributed by atoms with Crippen LogP contribution < -0.4 is 5.32 Å². The highest BCUT2D eigenvalue weighted by molar-refractivity contribution is 5.76. The van der Waals surface area contributed by atoms with Gasteiger partial charge in [0.15, 0.2) is 6.29 Å². The summed E-state index contributed by atoms with van der Waals surface area (Å²) in [7, 11) is 0.